The molecule has 1 aliphatic carbocycles. The molecule has 0 spiro atoms. The van der Waals surface area contributed by atoms with Gasteiger partial charge in [0, 0.05) is 45.0 Å². The number of rotatable bonds is 7. The SMILES string of the molecule is CCNC(=NCCS(=O)(=O)N1CCN(c2ccccn2)CC1)NC1CC1.I. The molecule has 10 heteroatoms. The first kappa shape index (κ1) is 22.2. The van der Waals surface area contributed by atoms with Crippen LogP contribution in [-0.2, 0) is 10.0 Å². The summed E-state index contributed by atoms with van der Waals surface area (Å²) < 4.78 is 26.7. The summed E-state index contributed by atoms with van der Waals surface area (Å²) in [6.07, 6.45) is 4.07. The molecule has 0 unspecified atom stereocenters. The largest absolute Gasteiger partial charge is 0.357 e. The van der Waals surface area contributed by atoms with E-state index in [0.717, 1.165) is 25.2 Å². The zero-order chi connectivity index (χ0) is 18.4. The Morgan fingerprint density at radius 1 is 1.26 bits per heavy atom. The minimum Gasteiger partial charge on any atom is -0.357 e. The Morgan fingerprint density at radius 2 is 2.00 bits per heavy atom. The number of hydrogen-bond donors (Lipinski definition) is 2. The van der Waals surface area contributed by atoms with Gasteiger partial charge >= 0.3 is 0 Å². The monoisotopic (exact) mass is 508 g/mol. The number of sulfonamides is 1. The highest BCUT2D eigenvalue weighted by Crippen LogP contribution is 2.18. The second-order valence-electron chi connectivity index (χ2n) is 6.57. The van der Waals surface area contributed by atoms with Crippen molar-refractivity contribution in [2.24, 2.45) is 4.99 Å². The van der Waals surface area contributed by atoms with Crippen LogP contribution in [0.1, 0.15) is 19.8 Å². The van der Waals surface area contributed by atoms with Crippen LogP contribution >= 0.6 is 24.0 Å². The van der Waals surface area contributed by atoms with E-state index in [9.17, 15) is 8.42 Å². The van der Waals surface area contributed by atoms with Crippen molar-refractivity contribution in [1.29, 1.82) is 0 Å². The van der Waals surface area contributed by atoms with E-state index in [4.69, 9.17) is 0 Å². The number of halogens is 1. The molecule has 1 saturated heterocycles. The van der Waals surface area contributed by atoms with E-state index >= 15 is 0 Å². The topological polar surface area (TPSA) is 89.9 Å². The molecule has 0 atom stereocenters. The summed E-state index contributed by atoms with van der Waals surface area (Å²) in [6.45, 7) is 5.33. The van der Waals surface area contributed by atoms with Gasteiger partial charge in [-0.2, -0.15) is 4.31 Å². The smallest absolute Gasteiger partial charge is 0.216 e. The van der Waals surface area contributed by atoms with E-state index in [1.54, 1.807) is 10.5 Å². The van der Waals surface area contributed by atoms with Gasteiger partial charge in [0.2, 0.25) is 10.0 Å². The van der Waals surface area contributed by atoms with Gasteiger partial charge in [0.1, 0.15) is 5.82 Å². The van der Waals surface area contributed by atoms with Crippen LogP contribution in [0.15, 0.2) is 29.4 Å². The molecule has 3 rings (SSSR count). The van der Waals surface area contributed by atoms with E-state index in [2.05, 4.69) is 25.5 Å². The molecular formula is C17H29IN6O2S. The Morgan fingerprint density at radius 3 is 2.59 bits per heavy atom. The lowest BCUT2D eigenvalue weighted by molar-refractivity contribution is 0.384. The predicted octanol–water partition coefficient (Wildman–Crippen LogP) is 0.869. The molecule has 1 aliphatic heterocycles. The molecular weight excluding hydrogens is 479 g/mol. The van der Waals surface area contributed by atoms with Crippen molar-refractivity contribution in [3.63, 3.8) is 0 Å². The van der Waals surface area contributed by atoms with Gasteiger partial charge in [-0.1, -0.05) is 6.07 Å². The number of aliphatic imine (C=N–C) groups is 1. The fourth-order valence-electron chi connectivity index (χ4n) is 2.88. The Bertz CT molecular complexity index is 703. The predicted molar refractivity (Wildman–Crippen MR) is 119 cm³/mol. The minimum absolute atomic E-state index is 0. The number of pyridine rings is 1. The van der Waals surface area contributed by atoms with Crippen LogP contribution in [0.2, 0.25) is 0 Å². The lowest BCUT2D eigenvalue weighted by Gasteiger charge is -2.34. The number of piperazine rings is 1. The third-order valence-corrected chi connectivity index (χ3v) is 6.34. The first-order valence-electron chi connectivity index (χ1n) is 9.27. The van der Waals surface area contributed by atoms with Crippen LogP contribution in [0.5, 0.6) is 0 Å². The minimum atomic E-state index is -3.29. The third kappa shape index (κ3) is 6.75. The molecule has 1 aromatic heterocycles. The quantitative estimate of drug-likeness (QED) is 0.323. The third-order valence-electron chi connectivity index (χ3n) is 4.49. The van der Waals surface area contributed by atoms with E-state index in [-0.39, 0.29) is 36.3 Å². The van der Waals surface area contributed by atoms with Crippen molar-refractivity contribution < 1.29 is 8.42 Å². The van der Waals surface area contributed by atoms with Crippen molar-refractivity contribution in [3.05, 3.63) is 24.4 Å². The van der Waals surface area contributed by atoms with Crippen LogP contribution in [0.25, 0.3) is 0 Å². The lowest BCUT2D eigenvalue weighted by Crippen LogP contribution is -2.49. The second-order valence-corrected chi connectivity index (χ2v) is 8.66. The summed E-state index contributed by atoms with van der Waals surface area (Å²) >= 11 is 0. The van der Waals surface area contributed by atoms with Crippen LogP contribution in [0.4, 0.5) is 5.82 Å². The number of nitrogens with one attached hydrogen (secondary N) is 2. The molecule has 0 radical (unpaired) electrons. The second kappa shape index (κ2) is 10.4. The molecule has 2 fully saturated rings. The normalized spacial score (nSPS) is 18.7. The zero-order valence-corrected chi connectivity index (χ0v) is 18.8. The Balaban J connectivity index is 0.00000261. The Hall–Kier alpha value is -1.14. The first-order valence-corrected chi connectivity index (χ1v) is 10.9. The summed E-state index contributed by atoms with van der Waals surface area (Å²) in [6, 6.07) is 6.27. The van der Waals surface area contributed by atoms with Crippen molar-refractivity contribution in [2.45, 2.75) is 25.8 Å². The maximum atomic E-state index is 12.6. The van der Waals surface area contributed by atoms with Gasteiger partial charge in [-0.05, 0) is 31.9 Å². The highest BCUT2D eigenvalue weighted by Gasteiger charge is 2.27. The van der Waals surface area contributed by atoms with Gasteiger partial charge in [0.05, 0.1) is 12.3 Å². The van der Waals surface area contributed by atoms with Gasteiger partial charge in [0.25, 0.3) is 0 Å². The van der Waals surface area contributed by atoms with E-state index in [0.29, 0.717) is 38.2 Å². The fourth-order valence-corrected chi connectivity index (χ4v) is 4.18. The van der Waals surface area contributed by atoms with E-state index in [1.807, 2.05) is 25.1 Å². The highest BCUT2D eigenvalue weighted by molar-refractivity contribution is 14.0. The summed E-state index contributed by atoms with van der Waals surface area (Å²) in [5.41, 5.74) is 0. The average Bonchev–Trinajstić information content (AvgIpc) is 3.47. The van der Waals surface area contributed by atoms with Crippen molar-refractivity contribution in [3.8, 4) is 0 Å². The summed E-state index contributed by atoms with van der Waals surface area (Å²) in [5, 5.41) is 6.46. The van der Waals surface area contributed by atoms with Crippen LogP contribution in [0, 0.1) is 0 Å². The number of hydrogen-bond acceptors (Lipinski definition) is 5. The first-order chi connectivity index (χ1) is 12.6. The van der Waals surface area contributed by atoms with Crippen LogP contribution < -0.4 is 15.5 Å². The number of anilines is 1. The van der Waals surface area contributed by atoms with E-state index < -0.39 is 10.0 Å². The van der Waals surface area contributed by atoms with Crippen molar-refractivity contribution in [2.75, 3.05) is 49.9 Å². The molecule has 27 heavy (non-hydrogen) atoms. The molecule has 1 aromatic rings. The fraction of sp³-hybridized carbons (Fsp3) is 0.647. The molecule has 152 valence electrons. The summed E-state index contributed by atoms with van der Waals surface area (Å²) in [5.74, 6) is 1.65. The standard InChI is InChI=1S/C17H28N6O2S.HI/c1-2-18-17(21-15-6-7-15)20-9-14-26(24,25)23-12-10-22(11-13-23)16-5-3-4-8-19-16;/h3-5,8,15H,2,6-7,9-14H2,1H3,(H2,18,20,21);1H. The molecule has 8 nitrogen and oxygen atoms in total. The summed E-state index contributed by atoms with van der Waals surface area (Å²) in [4.78, 5) is 10.9. The number of nitrogens with zero attached hydrogens (tertiary/aromatic N) is 4. The van der Waals surface area contributed by atoms with Crippen molar-refractivity contribution in [1.82, 2.24) is 19.9 Å². The molecule has 2 heterocycles. The maximum Gasteiger partial charge on any atom is 0.216 e. The lowest BCUT2D eigenvalue weighted by atomic mass is 10.3. The van der Waals surface area contributed by atoms with Gasteiger partial charge in [-0.25, -0.2) is 13.4 Å². The number of guanidine groups is 1. The molecule has 0 bridgehead atoms. The van der Waals surface area contributed by atoms with Gasteiger partial charge in [0.15, 0.2) is 5.96 Å². The molecule has 0 aromatic carbocycles. The zero-order valence-electron chi connectivity index (χ0n) is 15.7. The Kier molecular flexibility index (Phi) is 8.55. The van der Waals surface area contributed by atoms with Gasteiger partial charge in [-0.15, -0.1) is 24.0 Å². The Labute approximate surface area is 178 Å². The van der Waals surface area contributed by atoms with Crippen molar-refractivity contribution >= 4 is 45.8 Å². The molecule has 1 saturated carbocycles. The molecule has 2 N–H and O–H groups in total. The van der Waals surface area contributed by atoms with Crippen LogP contribution in [-0.4, -0.2) is 74.7 Å². The highest BCUT2D eigenvalue weighted by atomic mass is 127. The number of aromatic nitrogens is 1. The average molecular weight is 508 g/mol. The van der Waals surface area contributed by atoms with Gasteiger partial charge in [-0.3, -0.25) is 4.99 Å². The molecule has 2 aliphatic rings. The van der Waals surface area contributed by atoms with Gasteiger partial charge < -0.3 is 15.5 Å². The molecule has 0 amide bonds. The van der Waals surface area contributed by atoms with E-state index in [1.165, 1.54) is 0 Å². The van der Waals surface area contributed by atoms with Crippen LogP contribution in [0.3, 0.4) is 0 Å². The summed E-state index contributed by atoms with van der Waals surface area (Å²) in [7, 11) is -3.29. The maximum absolute atomic E-state index is 12.6.